The third-order valence-electron chi connectivity index (χ3n) is 3.93. The summed E-state index contributed by atoms with van der Waals surface area (Å²) >= 11 is 5.95. The Balaban J connectivity index is 2.15. The molecule has 0 saturated heterocycles. The van der Waals surface area contributed by atoms with E-state index in [1.54, 1.807) is 0 Å². The smallest absolute Gasteiger partial charge is 0.342 e. The number of nitriles is 1. The summed E-state index contributed by atoms with van der Waals surface area (Å²) in [7, 11) is 4.24. The van der Waals surface area contributed by atoms with Gasteiger partial charge in [0.15, 0.2) is 17.6 Å². The molecule has 1 atom stereocenters. The number of amides is 1. The SMILES string of the molecule is COc1ccc(C(=O)OC(C)C(=O)Nc2ccc(C#N)c(Cl)c2)c(OC)c1OC. The number of ether oxygens (including phenoxy) is 4. The van der Waals surface area contributed by atoms with Gasteiger partial charge in [-0.15, -0.1) is 0 Å². The van der Waals surface area contributed by atoms with E-state index in [1.165, 1.54) is 58.6 Å². The molecule has 0 fully saturated rings. The summed E-state index contributed by atoms with van der Waals surface area (Å²) in [5, 5.41) is 11.7. The number of benzene rings is 2. The fraction of sp³-hybridized carbons (Fsp3) is 0.250. The van der Waals surface area contributed by atoms with Gasteiger partial charge in [0.2, 0.25) is 5.75 Å². The summed E-state index contributed by atoms with van der Waals surface area (Å²) in [6, 6.07) is 9.34. The van der Waals surface area contributed by atoms with E-state index in [4.69, 9.17) is 35.8 Å². The highest BCUT2D eigenvalue weighted by Crippen LogP contribution is 2.40. The second kappa shape index (κ2) is 9.66. The first-order valence-corrected chi connectivity index (χ1v) is 8.74. The first kappa shape index (κ1) is 21.9. The van der Waals surface area contributed by atoms with E-state index in [-0.39, 0.29) is 27.6 Å². The molecular weight excluding hydrogens is 400 g/mol. The molecule has 0 aliphatic carbocycles. The molecule has 0 heterocycles. The van der Waals surface area contributed by atoms with Crippen LogP contribution in [0.5, 0.6) is 17.2 Å². The number of nitrogens with zero attached hydrogens (tertiary/aromatic N) is 1. The molecule has 0 radical (unpaired) electrons. The van der Waals surface area contributed by atoms with Crippen molar-refractivity contribution >= 4 is 29.2 Å². The van der Waals surface area contributed by atoms with E-state index in [2.05, 4.69) is 5.32 Å². The van der Waals surface area contributed by atoms with Crippen LogP contribution in [0.2, 0.25) is 5.02 Å². The van der Waals surface area contributed by atoms with Crippen LogP contribution in [-0.2, 0) is 9.53 Å². The zero-order valence-corrected chi connectivity index (χ0v) is 17.0. The molecule has 9 heteroatoms. The van der Waals surface area contributed by atoms with Gasteiger partial charge >= 0.3 is 5.97 Å². The number of carbonyl (C=O) groups is 2. The van der Waals surface area contributed by atoms with E-state index >= 15 is 0 Å². The van der Waals surface area contributed by atoms with Gasteiger partial charge in [-0.2, -0.15) is 5.26 Å². The number of hydrogen-bond donors (Lipinski definition) is 1. The Bertz CT molecular complexity index is 970. The molecule has 1 amide bonds. The van der Waals surface area contributed by atoms with Crippen molar-refractivity contribution in [2.24, 2.45) is 0 Å². The highest BCUT2D eigenvalue weighted by atomic mass is 35.5. The Morgan fingerprint density at radius 1 is 1.07 bits per heavy atom. The number of rotatable bonds is 7. The van der Waals surface area contributed by atoms with Gasteiger partial charge in [-0.1, -0.05) is 11.6 Å². The summed E-state index contributed by atoms with van der Waals surface area (Å²) in [5.41, 5.74) is 0.724. The third-order valence-corrected chi connectivity index (χ3v) is 4.25. The number of esters is 1. The average Bonchev–Trinajstić information content (AvgIpc) is 2.72. The fourth-order valence-corrected chi connectivity index (χ4v) is 2.69. The molecule has 1 N–H and O–H groups in total. The van der Waals surface area contributed by atoms with E-state index in [1.807, 2.05) is 6.07 Å². The highest BCUT2D eigenvalue weighted by Gasteiger charge is 2.25. The summed E-state index contributed by atoms with van der Waals surface area (Å²) in [4.78, 5) is 24.9. The van der Waals surface area contributed by atoms with Crippen LogP contribution >= 0.6 is 11.6 Å². The molecular formula is C20H19ClN2O6. The first-order chi connectivity index (χ1) is 13.9. The lowest BCUT2D eigenvalue weighted by Crippen LogP contribution is -2.30. The van der Waals surface area contributed by atoms with Crippen LogP contribution in [0.15, 0.2) is 30.3 Å². The van der Waals surface area contributed by atoms with Gasteiger partial charge in [0.25, 0.3) is 5.91 Å². The molecule has 29 heavy (non-hydrogen) atoms. The van der Waals surface area contributed by atoms with Crippen molar-refractivity contribution in [3.63, 3.8) is 0 Å². The van der Waals surface area contributed by atoms with Crippen LogP contribution in [0.4, 0.5) is 5.69 Å². The molecule has 0 spiro atoms. The molecule has 0 aliphatic heterocycles. The van der Waals surface area contributed by atoms with Gasteiger partial charge in [-0.05, 0) is 37.3 Å². The molecule has 2 aromatic carbocycles. The highest BCUT2D eigenvalue weighted by molar-refractivity contribution is 6.32. The summed E-state index contributed by atoms with van der Waals surface area (Å²) in [6.07, 6.45) is -1.12. The number of nitrogens with one attached hydrogen (secondary N) is 1. The van der Waals surface area contributed by atoms with Crippen molar-refractivity contribution in [2.45, 2.75) is 13.0 Å². The van der Waals surface area contributed by atoms with Crippen LogP contribution in [0.3, 0.4) is 0 Å². The van der Waals surface area contributed by atoms with E-state index in [0.717, 1.165) is 0 Å². The standard InChI is InChI=1S/C20H19ClN2O6/c1-11(19(24)23-13-6-5-12(10-22)15(21)9-13)29-20(25)14-7-8-16(26-2)18(28-4)17(14)27-3/h5-9,11H,1-4H3,(H,23,24). The maximum Gasteiger partial charge on any atom is 0.342 e. The predicted molar refractivity (Wildman–Crippen MR) is 106 cm³/mol. The summed E-state index contributed by atoms with van der Waals surface area (Å²) in [5.74, 6) is -0.608. The Kier molecular flexibility index (Phi) is 7.28. The number of halogens is 1. The van der Waals surface area contributed by atoms with Gasteiger partial charge in [0, 0.05) is 5.69 Å². The Hall–Kier alpha value is -3.44. The van der Waals surface area contributed by atoms with Crippen LogP contribution in [-0.4, -0.2) is 39.3 Å². The molecule has 0 saturated carbocycles. The minimum Gasteiger partial charge on any atom is -0.493 e. The topological polar surface area (TPSA) is 107 Å². The zero-order valence-electron chi connectivity index (χ0n) is 16.2. The minimum atomic E-state index is -1.12. The van der Waals surface area contributed by atoms with Crippen molar-refractivity contribution in [1.82, 2.24) is 0 Å². The average molecular weight is 419 g/mol. The van der Waals surface area contributed by atoms with Crippen molar-refractivity contribution < 1.29 is 28.5 Å². The molecule has 2 aromatic rings. The van der Waals surface area contributed by atoms with Crippen LogP contribution in [0.1, 0.15) is 22.8 Å². The molecule has 2 rings (SSSR count). The van der Waals surface area contributed by atoms with Gasteiger partial charge in [0.1, 0.15) is 11.6 Å². The quantitative estimate of drug-likeness (QED) is 0.686. The van der Waals surface area contributed by atoms with Crippen molar-refractivity contribution in [3.8, 4) is 23.3 Å². The van der Waals surface area contributed by atoms with Crippen molar-refractivity contribution in [3.05, 3.63) is 46.5 Å². The van der Waals surface area contributed by atoms with Gasteiger partial charge in [-0.3, -0.25) is 4.79 Å². The Labute approximate surface area is 172 Å². The maximum absolute atomic E-state index is 12.6. The second-order valence-corrected chi connectivity index (χ2v) is 6.13. The van der Waals surface area contributed by atoms with Gasteiger partial charge in [-0.25, -0.2) is 4.79 Å². The maximum atomic E-state index is 12.6. The van der Waals surface area contributed by atoms with Crippen molar-refractivity contribution in [1.29, 1.82) is 5.26 Å². The monoisotopic (exact) mass is 418 g/mol. The van der Waals surface area contributed by atoms with Crippen molar-refractivity contribution in [2.75, 3.05) is 26.6 Å². The molecule has 8 nitrogen and oxygen atoms in total. The number of anilines is 1. The largest absolute Gasteiger partial charge is 0.493 e. The zero-order chi connectivity index (χ0) is 21.6. The summed E-state index contributed by atoms with van der Waals surface area (Å²) < 4.78 is 20.9. The normalized spacial score (nSPS) is 11.0. The van der Waals surface area contributed by atoms with Crippen LogP contribution in [0.25, 0.3) is 0 Å². The molecule has 0 aromatic heterocycles. The lowest BCUT2D eigenvalue weighted by Gasteiger charge is -2.17. The molecule has 152 valence electrons. The second-order valence-electron chi connectivity index (χ2n) is 5.73. The van der Waals surface area contributed by atoms with Gasteiger partial charge in [0.05, 0.1) is 31.9 Å². The van der Waals surface area contributed by atoms with E-state index < -0.39 is 18.0 Å². The fourth-order valence-electron chi connectivity index (χ4n) is 2.47. The third kappa shape index (κ3) is 4.89. The Morgan fingerprint density at radius 2 is 1.76 bits per heavy atom. The first-order valence-electron chi connectivity index (χ1n) is 8.36. The van der Waals surface area contributed by atoms with E-state index in [0.29, 0.717) is 11.4 Å². The lowest BCUT2D eigenvalue weighted by molar-refractivity contribution is -0.123. The van der Waals surface area contributed by atoms with Crippen LogP contribution in [0, 0.1) is 11.3 Å². The Morgan fingerprint density at radius 3 is 2.31 bits per heavy atom. The molecule has 0 aliphatic rings. The number of carbonyl (C=O) groups excluding carboxylic acids is 2. The van der Waals surface area contributed by atoms with E-state index in [9.17, 15) is 9.59 Å². The lowest BCUT2D eigenvalue weighted by atomic mass is 10.1. The molecule has 1 unspecified atom stereocenters. The number of methoxy groups -OCH3 is 3. The number of hydrogen-bond acceptors (Lipinski definition) is 7. The predicted octanol–water partition coefficient (Wildman–Crippen LogP) is 3.42. The minimum absolute atomic E-state index is 0.0752. The summed E-state index contributed by atoms with van der Waals surface area (Å²) in [6.45, 7) is 1.42. The molecule has 0 bridgehead atoms. The van der Waals surface area contributed by atoms with Gasteiger partial charge < -0.3 is 24.3 Å². The van der Waals surface area contributed by atoms with Crippen LogP contribution < -0.4 is 19.5 Å².